The normalized spacial score (nSPS) is 11.1. The molecule has 84 valence electrons. The Morgan fingerprint density at radius 1 is 1.20 bits per heavy atom. The Bertz CT molecular complexity index is 275. The van der Waals surface area contributed by atoms with Crippen LogP contribution in [-0.2, 0) is 0 Å². The van der Waals surface area contributed by atoms with Gasteiger partial charge in [0, 0.05) is 12.3 Å². The maximum absolute atomic E-state index is 5.74. The Morgan fingerprint density at radius 3 is 2.27 bits per heavy atom. The average Bonchev–Trinajstić information content (AvgIpc) is 2.26. The largest absolute Gasteiger partial charge is 0.474 e. The van der Waals surface area contributed by atoms with E-state index < -0.39 is 0 Å². The number of hydrogen-bond donors (Lipinski definition) is 0. The van der Waals surface area contributed by atoms with Gasteiger partial charge in [-0.25, -0.2) is 4.98 Å². The lowest BCUT2D eigenvalue weighted by molar-refractivity contribution is 0.185. The molecule has 0 amide bonds. The number of pyridine rings is 1. The van der Waals surface area contributed by atoms with E-state index in [1.165, 1.54) is 5.56 Å². The first-order valence-electron chi connectivity index (χ1n) is 5.80. The van der Waals surface area contributed by atoms with Crippen molar-refractivity contribution in [2.45, 2.75) is 52.6 Å². The number of rotatable bonds is 5. The van der Waals surface area contributed by atoms with Gasteiger partial charge in [-0.3, -0.25) is 0 Å². The maximum atomic E-state index is 5.74. The smallest absolute Gasteiger partial charge is 0.213 e. The van der Waals surface area contributed by atoms with Crippen LogP contribution in [0.1, 0.15) is 52.0 Å². The van der Waals surface area contributed by atoms with Crippen molar-refractivity contribution in [3.05, 3.63) is 23.9 Å². The molecule has 1 aromatic rings. The Morgan fingerprint density at radius 2 is 1.87 bits per heavy atom. The molecule has 0 atom stereocenters. The molecule has 0 saturated carbocycles. The number of nitrogens with zero attached hydrogens (tertiary/aromatic N) is 1. The second-order valence-corrected chi connectivity index (χ2v) is 4.14. The molecule has 0 saturated heterocycles. The number of aromatic nitrogens is 1. The average molecular weight is 207 g/mol. The predicted octanol–water partition coefficient (Wildman–Crippen LogP) is 3.77. The molecule has 0 aliphatic rings. The molecule has 2 nitrogen and oxygen atoms in total. The number of ether oxygens (including phenoxy) is 1. The van der Waals surface area contributed by atoms with Crippen molar-refractivity contribution in [2.24, 2.45) is 0 Å². The summed E-state index contributed by atoms with van der Waals surface area (Å²) in [6.07, 6.45) is 4.26. The van der Waals surface area contributed by atoms with Gasteiger partial charge in [-0.05, 0) is 24.3 Å². The monoisotopic (exact) mass is 207 g/mol. The van der Waals surface area contributed by atoms with Crippen LogP contribution in [0.15, 0.2) is 18.3 Å². The Balaban J connectivity index is 2.63. The van der Waals surface area contributed by atoms with E-state index in [-0.39, 0.29) is 0 Å². The highest BCUT2D eigenvalue weighted by Crippen LogP contribution is 2.17. The molecule has 1 heterocycles. The molecule has 0 N–H and O–H groups in total. The lowest BCUT2D eigenvalue weighted by atomic mass is 10.1. The van der Waals surface area contributed by atoms with Crippen molar-refractivity contribution >= 4 is 0 Å². The van der Waals surface area contributed by atoms with Crippen LogP contribution < -0.4 is 4.74 Å². The SMILES string of the molecule is CCC(CC)Oc1ccc(C(C)C)cn1. The molecule has 0 aliphatic carbocycles. The molecular weight excluding hydrogens is 186 g/mol. The summed E-state index contributed by atoms with van der Waals surface area (Å²) in [6, 6.07) is 4.06. The predicted molar refractivity (Wildman–Crippen MR) is 63.3 cm³/mol. The highest BCUT2D eigenvalue weighted by Gasteiger charge is 2.06. The van der Waals surface area contributed by atoms with Crippen LogP contribution in [0.5, 0.6) is 5.88 Å². The van der Waals surface area contributed by atoms with E-state index in [4.69, 9.17) is 4.74 Å². The quantitative estimate of drug-likeness (QED) is 0.733. The molecule has 2 heteroatoms. The van der Waals surface area contributed by atoms with Crippen molar-refractivity contribution in [1.82, 2.24) is 4.98 Å². The summed E-state index contributed by atoms with van der Waals surface area (Å²) >= 11 is 0. The fourth-order valence-corrected chi connectivity index (χ4v) is 1.43. The molecule has 1 aromatic heterocycles. The molecule has 15 heavy (non-hydrogen) atoms. The fourth-order valence-electron chi connectivity index (χ4n) is 1.43. The molecule has 0 bridgehead atoms. The van der Waals surface area contributed by atoms with E-state index in [0.717, 1.165) is 18.7 Å². The maximum Gasteiger partial charge on any atom is 0.213 e. The lowest BCUT2D eigenvalue weighted by Crippen LogP contribution is -2.14. The zero-order valence-corrected chi connectivity index (χ0v) is 10.2. The van der Waals surface area contributed by atoms with Gasteiger partial charge in [0.05, 0.1) is 6.10 Å². The van der Waals surface area contributed by atoms with E-state index in [0.29, 0.717) is 12.0 Å². The van der Waals surface area contributed by atoms with Crippen LogP contribution in [-0.4, -0.2) is 11.1 Å². The summed E-state index contributed by atoms with van der Waals surface area (Å²) in [6.45, 7) is 8.60. The molecule has 0 spiro atoms. The summed E-state index contributed by atoms with van der Waals surface area (Å²) in [7, 11) is 0. The van der Waals surface area contributed by atoms with Gasteiger partial charge in [0.25, 0.3) is 0 Å². The minimum absolute atomic E-state index is 0.294. The van der Waals surface area contributed by atoms with Crippen LogP contribution >= 0.6 is 0 Å². The van der Waals surface area contributed by atoms with Gasteiger partial charge < -0.3 is 4.74 Å². The molecular formula is C13H21NO. The first-order valence-corrected chi connectivity index (χ1v) is 5.80. The van der Waals surface area contributed by atoms with Crippen LogP contribution in [0.25, 0.3) is 0 Å². The van der Waals surface area contributed by atoms with Crippen molar-refractivity contribution in [1.29, 1.82) is 0 Å². The topological polar surface area (TPSA) is 22.1 Å². The van der Waals surface area contributed by atoms with Gasteiger partial charge in [-0.1, -0.05) is 33.8 Å². The zero-order valence-electron chi connectivity index (χ0n) is 10.2. The molecule has 1 rings (SSSR count). The first kappa shape index (κ1) is 12.0. The van der Waals surface area contributed by atoms with E-state index in [1.807, 2.05) is 12.3 Å². The van der Waals surface area contributed by atoms with Gasteiger partial charge in [-0.2, -0.15) is 0 Å². The van der Waals surface area contributed by atoms with Crippen molar-refractivity contribution in [3.63, 3.8) is 0 Å². The molecule has 0 unspecified atom stereocenters. The molecule has 0 fully saturated rings. The first-order chi connectivity index (χ1) is 7.17. The van der Waals surface area contributed by atoms with Crippen molar-refractivity contribution in [3.8, 4) is 5.88 Å². The lowest BCUT2D eigenvalue weighted by Gasteiger charge is -2.15. The van der Waals surface area contributed by atoms with Crippen molar-refractivity contribution in [2.75, 3.05) is 0 Å². The molecule has 0 aromatic carbocycles. The van der Waals surface area contributed by atoms with E-state index in [1.54, 1.807) is 0 Å². The minimum Gasteiger partial charge on any atom is -0.474 e. The summed E-state index contributed by atoms with van der Waals surface area (Å²) in [5, 5.41) is 0. The second-order valence-electron chi connectivity index (χ2n) is 4.14. The highest BCUT2D eigenvalue weighted by molar-refractivity contribution is 5.20. The van der Waals surface area contributed by atoms with Crippen LogP contribution in [0.3, 0.4) is 0 Å². The second kappa shape index (κ2) is 5.74. The van der Waals surface area contributed by atoms with Crippen LogP contribution in [0.2, 0.25) is 0 Å². The third-order valence-electron chi connectivity index (χ3n) is 2.62. The summed E-state index contributed by atoms with van der Waals surface area (Å²) < 4.78 is 5.74. The Labute approximate surface area is 92.7 Å². The van der Waals surface area contributed by atoms with Crippen molar-refractivity contribution < 1.29 is 4.74 Å². The Hall–Kier alpha value is -1.05. The Kier molecular flexibility index (Phi) is 4.60. The fraction of sp³-hybridized carbons (Fsp3) is 0.615. The van der Waals surface area contributed by atoms with Gasteiger partial charge in [0.2, 0.25) is 5.88 Å². The summed E-state index contributed by atoms with van der Waals surface area (Å²) in [4.78, 5) is 4.31. The van der Waals surface area contributed by atoms with Crippen LogP contribution in [0.4, 0.5) is 0 Å². The summed E-state index contributed by atoms with van der Waals surface area (Å²) in [5.41, 5.74) is 1.26. The minimum atomic E-state index is 0.294. The molecule has 0 aliphatic heterocycles. The van der Waals surface area contributed by atoms with E-state index in [2.05, 4.69) is 38.7 Å². The van der Waals surface area contributed by atoms with Gasteiger partial charge >= 0.3 is 0 Å². The van der Waals surface area contributed by atoms with Crippen LogP contribution in [0, 0.1) is 0 Å². The van der Waals surface area contributed by atoms with Gasteiger partial charge in [0.15, 0.2) is 0 Å². The van der Waals surface area contributed by atoms with E-state index in [9.17, 15) is 0 Å². The third-order valence-corrected chi connectivity index (χ3v) is 2.62. The number of hydrogen-bond acceptors (Lipinski definition) is 2. The molecule has 0 radical (unpaired) electrons. The zero-order chi connectivity index (χ0) is 11.3. The third kappa shape index (κ3) is 3.54. The van der Waals surface area contributed by atoms with Gasteiger partial charge in [-0.15, -0.1) is 0 Å². The van der Waals surface area contributed by atoms with Gasteiger partial charge in [0.1, 0.15) is 0 Å². The van der Waals surface area contributed by atoms with E-state index >= 15 is 0 Å². The standard InChI is InChI=1S/C13H21NO/c1-5-12(6-2)15-13-8-7-11(9-14-13)10(3)4/h7-10,12H,5-6H2,1-4H3. The highest BCUT2D eigenvalue weighted by atomic mass is 16.5. The summed E-state index contributed by atoms with van der Waals surface area (Å²) in [5.74, 6) is 1.27.